The lowest BCUT2D eigenvalue weighted by atomic mass is 9.94. The van der Waals surface area contributed by atoms with Gasteiger partial charge in [0, 0.05) is 50.3 Å². The van der Waals surface area contributed by atoms with E-state index in [1.165, 1.54) is 19.3 Å². The topological polar surface area (TPSA) is 79.5 Å². The van der Waals surface area contributed by atoms with Gasteiger partial charge in [-0.15, -0.1) is 0 Å². The van der Waals surface area contributed by atoms with Crippen molar-refractivity contribution in [3.05, 3.63) is 18.0 Å². The van der Waals surface area contributed by atoms with Crippen molar-refractivity contribution in [2.75, 3.05) is 26.2 Å². The molecule has 25 heavy (non-hydrogen) atoms. The van der Waals surface area contributed by atoms with E-state index >= 15 is 0 Å². The molecule has 0 radical (unpaired) electrons. The number of nitrogens with zero attached hydrogens (tertiary/aromatic N) is 2. The highest BCUT2D eigenvalue weighted by molar-refractivity contribution is 5.74. The molecule has 3 aliphatic rings. The molecule has 7 nitrogen and oxygen atoms in total. The lowest BCUT2D eigenvalue weighted by molar-refractivity contribution is -0.186. The van der Waals surface area contributed by atoms with E-state index in [1.54, 1.807) is 6.20 Å². The predicted molar refractivity (Wildman–Crippen MR) is 92.2 cm³/mol. The molecule has 2 atom stereocenters. The van der Waals surface area contributed by atoms with Gasteiger partial charge < -0.3 is 19.7 Å². The van der Waals surface area contributed by atoms with Crippen molar-refractivity contribution in [2.45, 2.75) is 62.8 Å². The van der Waals surface area contributed by atoms with Crippen LogP contribution in [-0.2, 0) is 9.47 Å². The zero-order chi connectivity index (χ0) is 17.1. The Morgan fingerprint density at radius 2 is 2.24 bits per heavy atom. The van der Waals surface area contributed by atoms with E-state index in [0.717, 1.165) is 44.5 Å². The molecule has 2 aliphatic heterocycles. The van der Waals surface area contributed by atoms with Gasteiger partial charge in [-0.25, -0.2) is 4.79 Å². The molecule has 3 fully saturated rings. The fourth-order valence-electron chi connectivity index (χ4n) is 4.29. The Kier molecular flexibility index (Phi) is 4.94. The lowest BCUT2D eigenvalue weighted by Gasteiger charge is -2.33. The Hall–Kier alpha value is -1.60. The molecule has 7 heteroatoms. The first kappa shape index (κ1) is 16.8. The minimum Gasteiger partial charge on any atom is -0.347 e. The smallest absolute Gasteiger partial charge is 0.317 e. The number of carbonyl (C=O) groups is 1. The Labute approximate surface area is 148 Å². The van der Waals surface area contributed by atoms with Crippen LogP contribution in [-0.4, -0.2) is 59.3 Å². The van der Waals surface area contributed by atoms with Gasteiger partial charge in [-0.1, -0.05) is 6.42 Å². The number of urea groups is 1. The Morgan fingerprint density at radius 3 is 3.04 bits per heavy atom. The lowest BCUT2D eigenvalue weighted by Crippen LogP contribution is -2.47. The quantitative estimate of drug-likeness (QED) is 0.879. The SMILES string of the molecule is O=C(NCC1COC2(CCCCC2)O1)N1CCCC(c2ccn[nH]2)C1. The highest BCUT2D eigenvalue weighted by Crippen LogP contribution is 2.37. The standard InChI is InChI=1S/C18H28N4O3/c23-17(22-10-4-5-14(12-22)16-6-9-20-21-16)19-11-15-13-24-18(25-15)7-2-1-3-8-18/h6,9,14-15H,1-5,7-8,10-13H2,(H,19,23)(H,20,21). The van der Waals surface area contributed by atoms with Crippen molar-refractivity contribution >= 4 is 6.03 Å². The molecule has 2 amide bonds. The van der Waals surface area contributed by atoms with Gasteiger partial charge >= 0.3 is 6.03 Å². The summed E-state index contributed by atoms with van der Waals surface area (Å²) in [6, 6.07) is 2.00. The number of ether oxygens (including phenoxy) is 2. The van der Waals surface area contributed by atoms with Gasteiger partial charge in [-0.05, 0) is 31.7 Å². The maximum Gasteiger partial charge on any atom is 0.317 e. The van der Waals surface area contributed by atoms with Crippen LogP contribution in [0.2, 0.25) is 0 Å². The zero-order valence-electron chi connectivity index (χ0n) is 14.7. The van der Waals surface area contributed by atoms with Gasteiger partial charge in [0.05, 0.1) is 6.61 Å². The molecule has 2 unspecified atom stereocenters. The fourth-order valence-corrected chi connectivity index (χ4v) is 4.29. The summed E-state index contributed by atoms with van der Waals surface area (Å²) in [6.07, 6.45) is 9.41. The average Bonchev–Trinajstić information content (AvgIpc) is 3.31. The van der Waals surface area contributed by atoms with E-state index in [-0.39, 0.29) is 17.9 Å². The second-order valence-electron chi connectivity index (χ2n) is 7.51. The summed E-state index contributed by atoms with van der Waals surface area (Å²) < 4.78 is 12.1. The number of likely N-dealkylation sites (tertiary alicyclic amines) is 1. The van der Waals surface area contributed by atoms with Crippen LogP contribution in [0, 0.1) is 0 Å². The molecular formula is C18H28N4O3. The number of amides is 2. The van der Waals surface area contributed by atoms with E-state index in [0.29, 0.717) is 19.1 Å². The summed E-state index contributed by atoms with van der Waals surface area (Å²) in [7, 11) is 0. The van der Waals surface area contributed by atoms with Gasteiger partial charge in [-0.3, -0.25) is 5.10 Å². The first-order valence-electron chi connectivity index (χ1n) is 9.58. The van der Waals surface area contributed by atoms with Gasteiger partial charge in [0.2, 0.25) is 0 Å². The Morgan fingerprint density at radius 1 is 1.36 bits per heavy atom. The zero-order valence-corrected chi connectivity index (χ0v) is 14.7. The maximum atomic E-state index is 12.5. The maximum absolute atomic E-state index is 12.5. The fraction of sp³-hybridized carbons (Fsp3) is 0.778. The number of H-pyrrole nitrogens is 1. The predicted octanol–water partition coefficient (Wildman–Crippen LogP) is 2.37. The summed E-state index contributed by atoms with van der Waals surface area (Å²) in [5, 5.41) is 10.1. The molecule has 3 heterocycles. The summed E-state index contributed by atoms with van der Waals surface area (Å²) >= 11 is 0. The van der Waals surface area contributed by atoms with Gasteiger partial charge in [0.1, 0.15) is 6.10 Å². The molecule has 0 bridgehead atoms. The van der Waals surface area contributed by atoms with Crippen LogP contribution in [0.5, 0.6) is 0 Å². The Bertz CT molecular complexity index is 571. The molecule has 1 aliphatic carbocycles. The number of piperidine rings is 1. The number of aromatic nitrogens is 2. The second-order valence-corrected chi connectivity index (χ2v) is 7.51. The molecule has 2 saturated heterocycles. The third kappa shape index (κ3) is 3.82. The largest absolute Gasteiger partial charge is 0.347 e. The van der Waals surface area contributed by atoms with Gasteiger partial charge in [0.25, 0.3) is 0 Å². The van der Waals surface area contributed by atoms with Crippen LogP contribution in [0.15, 0.2) is 12.3 Å². The van der Waals surface area contributed by atoms with Crippen molar-refractivity contribution < 1.29 is 14.3 Å². The molecule has 4 rings (SSSR count). The van der Waals surface area contributed by atoms with Gasteiger partial charge in [-0.2, -0.15) is 5.10 Å². The molecule has 1 aromatic rings. The van der Waals surface area contributed by atoms with Crippen molar-refractivity contribution in [1.29, 1.82) is 0 Å². The average molecular weight is 348 g/mol. The van der Waals surface area contributed by atoms with Gasteiger partial charge in [0.15, 0.2) is 5.79 Å². The third-order valence-corrected chi connectivity index (χ3v) is 5.68. The van der Waals surface area contributed by atoms with Crippen molar-refractivity contribution in [2.24, 2.45) is 0 Å². The molecular weight excluding hydrogens is 320 g/mol. The second kappa shape index (κ2) is 7.33. The van der Waals surface area contributed by atoms with E-state index in [1.807, 2.05) is 11.0 Å². The summed E-state index contributed by atoms with van der Waals surface area (Å²) in [5.74, 6) is -0.0247. The highest BCUT2D eigenvalue weighted by Gasteiger charge is 2.42. The van der Waals surface area contributed by atoms with Crippen molar-refractivity contribution in [3.63, 3.8) is 0 Å². The molecule has 1 spiro atoms. The van der Waals surface area contributed by atoms with Crippen LogP contribution in [0.4, 0.5) is 4.79 Å². The molecule has 2 N–H and O–H groups in total. The number of nitrogens with one attached hydrogen (secondary N) is 2. The van der Waals surface area contributed by atoms with Crippen molar-refractivity contribution in [1.82, 2.24) is 20.4 Å². The van der Waals surface area contributed by atoms with Crippen LogP contribution >= 0.6 is 0 Å². The van der Waals surface area contributed by atoms with Crippen LogP contribution in [0.3, 0.4) is 0 Å². The van der Waals surface area contributed by atoms with E-state index in [2.05, 4.69) is 15.5 Å². The number of carbonyl (C=O) groups excluding carboxylic acids is 1. The summed E-state index contributed by atoms with van der Waals surface area (Å²) in [4.78, 5) is 14.4. The number of hydrogen-bond donors (Lipinski definition) is 2. The van der Waals surface area contributed by atoms with E-state index in [4.69, 9.17) is 9.47 Å². The monoisotopic (exact) mass is 348 g/mol. The summed E-state index contributed by atoms with van der Waals surface area (Å²) in [5.41, 5.74) is 1.12. The molecule has 1 saturated carbocycles. The number of aromatic amines is 1. The summed E-state index contributed by atoms with van der Waals surface area (Å²) in [6.45, 7) is 2.64. The van der Waals surface area contributed by atoms with Crippen LogP contribution in [0.1, 0.15) is 56.6 Å². The third-order valence-electron chi connectivity index (χ3n) is 5.68. The molecule has 138 valence electrons. The number of hydrogen-bond acceptors (Lipinski definition) is 4. The normalized spacial score (nSPS) is 29.0. The molecule has 1 aromatic heterocycles. The minimum absolute atomic E-state index is 0.00240. The Balaban J connectivity index is 1.25. The van der Waals surface area contributed by atoms with Crippen LogP contribution < -0.4 is 5.32 Å². The molecule has 0 aromatic carbocycles. The van der Waals surface area contributed by atoms with Crippen molar-refractivity contribution in [3.8, 4) is 0 Å². The minimum atomic E-state index is -0.371. The highest BCUT2D eigenvalue weighted by atomic mass is 16.7. The van der Waals surface area contributed by atoms with Crippen LogP contribution in [0.25, 0.3) is 0 Å². The number of rotatable bonds is 3. The van der Waals surface area contributed by atoms with E-state index < -0.39 is 0 Å². The van der Waals surface area contributed by atoms with E-state index in [9.17, 15) is 4.79 Å². The first-order valence-corrected chi connectivity index (χ1v) is 9.58. The first-order chi connectivity index (χ1) is 12.2.